The Kier molecular flexibility index (Phi) is 8.62. The van der Waals surface area contributed by atoms with Crippen LogP contribution in [-0.2, 0) is 0 Å². The zero-order chi connectivity index (χ0) is 38.0. The molecule has 0 unspecified atom stereocenters. The van der Waals surface area contributed by atoms with Crippen LogP contribution in [0.3, 0.4) is 0 Å². The summed E-state index contributed by atoms with van der Waals surface area (Å²) < 4.78 is 5.63. The summed E-state index contributed by atoms with van der Waals surface area (Å²) in [4.78, 5) is 14.1. The lowest BCUT2D eigenvalue weighted by Crippen LogP contribution is -1.97. The van der Waals surface area contributed by atoms with E-state index in [2.05, 4.69) is 51.7 Å². The van der Waals surface area contributed by atoms with Gasteiger partial charge in [-0.3, -0.25) is 0 Å². The number of fused-ring (bicyclic) bond motifs is 6. The maximum atomic E-state index is 4.71. The predicted molar refractivity (Wildman–Crippen MR) is 229 cm³/mol. The third-order valence-corrected chi connectivity index (χ3v) is 9.74. The SMILES string of the molecule is c1ccc(-n2ncc3cc4ccccc4nc32)cc1.c1ccc(-n2ncc3cc4ccccc4nc32)cc1.c1ccc(-n2ncc3cc4ccccc4nc32)cc1. The van der Waals surface area contributed by atoms with Crippen molar-refractivity contribution in [3.63, 3.8) is 0 Å². The van der Waals surface area contributed by atoms with Crippen LogP contribution in [-0.4, -0.2) is 44.3 Å². The number of rotatable bonds is 3. The Balaban J connectivity index is 0.000000104. The number of hydrogen-bond acceptors (Lipinski definition) is 6. The molecule has 9 heteroatoms. The molecule has 270 valence electrons. The van der Waals surface area contributed by atoms with Crippen LogP contribution in [0.25, 0.3) is 82.9 Å². The molecule has 0 aliphatic carbocycles. The van der Waals surface area contributed by atoms with Gasteiger partial charge in [-0.1, -0.05) is 109 Å². The van der Waals surface area contributed by atoms with Crippen LogP contribution >= 0.6 is 0 Å². The molecule has 0 fully saturated rings. The molecule has 0 aliphatic rings. The molecule has 9 nitrogen and oxygen atoms in total. The molecule has 0 radical (unpaired) electrons. The molecule has 57 heavy (non-hydrogen) atoms. The summed E-state index contributed by atoms with van der Waals surface area (Å²) in [6.45, 7) is 0. The van der Waals surface area contributed by atoms with Gasteiger partial charge in [-0.15, -0.1) is 0 Å². The Morgan fingerprint density at radius 1 is 0.263 bits per heavy atom. The summed E-state index contributed by atoms with van der Waals surface area (Å²) in [5.74, 6) is 0. The van der Waals surface area contributed by atoms with Gasteiger partial charge in [0.05, 0.1) is 52.2 Å². The van der Waals surface area contributed by atoms with E-state index < -0.39 is 0 Å². The molecule has 0 atom stereocenters. The molecule has 0 bridgehead atoms. The molecule has 12 rings (SSSR count). The van der Waals surface area contributed by atoms with Gasteiger partial charge in [-0.25, -0.2) is 29.0 Å². The Hall–Kier alpha value is -8.04. The smallest absolute Gasteiger partial charge is 0.163 e. The van der Waals surface area contributed by atoms with Gasteiger partial charge in [-0.2, -0.15) is 15.3 Å². The van der Waals surface area contributed by atoms with Gasteiger partial charge in [0.1, 0.15) is 0 Å². The van der Waals surface area contributed by atoms with Crippen LogP contribution < -0.4 is 0 Å². The van der Waals surface area contributed by atoms with Crippen molar-refractivity contribution in [1.29, 1.82) is 0 Å². The summed E-state index contributed by atoms with van der Waals surface area (Å²) in [6.07, 6.45) is 5.59. The average molecular weight is 736 g/mol. The molecule has 0 spiro atoms. The Bertz CT molecular complexity index is 2940. The van der Waals surface area contributed by atoms with Crippen LogP contribution in [0.15, 0.2) is 201 Å². The minimum atomic E-state index is 0.893. The quantitative estimate of drug-likeness (QED) is 0.179. The number of hydrogen-bond donors (Lipinski definition) is 0. The van der Waals surface area contributed by atoms with E-state index in [4.69, 9.17) is 15.0 Å². The van der Waals surface area contributed by atoms with E-state index in [0.717, 1.165) is 82.9 Å². The summed E-state index contributed by atoms with van der Waals surface area (Å²) >= 11 is 0. The summed E-state index contributed by atoms with van der Waals surface area (Å²) in [7, 11) is 0. The second-order valence-corrected chi connectivity index (χ2v) is 13.5. The van der Waals surface area contributed by atoms with Gasteiger partial charge in [0.2, 0.25) is 0 Å². The Labute approximate surface area is 326 Å². The molecular weight excluding hydrogens is 703 g/mol. The highest BCUT2D eigenvalue weighted by Gasteiger charge is 2.10. The number of benzene rings is 6. The lowest BCUT2D eigenvalue weighted by atomic mass is 10.2. The monoisotopic (exact) mass is 735 g/mol. The number of pyridine rings is 3. The molecule has 0 saturated carbocycles. The number of aromatic nitrogens is 9. The van der Waals surface area contributed by atoms with Crippen molar-refractivity contribution >= 4 is 65.8 Å². The molecule has 6 aromatic heterocycles. The fourth-order valence-electron chi connectivity index (χ4n) is 6.96. The lowest BCUT2D eigenvalue weighted by Gasteiger charge is -2.03. The first kappa shape index (κ1) is 33.5. The van der Waals surface area contributed by atoms with E-state index in [9.17, 15) is 0 Å². The predicted octanol–water partition coefficient (Wildman–Crippen LogP) is 10.7. The summed E-state index contributed by atoms with van der Waals surface area (Å²) in [5.41, 5.74) is 8.74. The lowest BCUT2D eigenvalue weighted by molar-refractivity contribution is 0.899. The molecule has 0 N–H and O–H groups in total. The third-order valence-electron chi connectivity index (χ3n) is 9.74. The zero-order valence-electron chi connectivity index (χ0n) is 30.6. The van der Waals surface area contributed by atoms with Crippen LogP contribution in [0.4, 0.5) is 0 Å². The first-order valence-corrected chi connectivity index (χ1v) is 18.6. The highest BCUT2D eigenvalue weighted by atomic mass is 15.3. The standard InChI is InChI=1S/3C16H11N3/c3*1-2-7-14(8-3-1)19-16-13(11-17-19)10-12-6-4-5-9-15(12)18-16/h3*1-11H. The topological polar surface area (TPSA) is 92.1 Å². The number of nitrogens with zero attached hydrogens (tertiary/aromatic N) is 9. The fourth-order valence-corrected chi connectivity index (χ4v) is 6.96. The largest absolute Gasteiger partial charge is 0.228 e. The van der Waals surface area contributed by atoms with Crippen LogP contribution in [0.2, 0.25) is 0 Å². The van der Waals surface area contributed by atoms with E-state index in [1.54, 1.807) is 0 Å². The second kappa shape index (κ2) is 14.7. The van der Waals surface area contributed by atoms with Crippen molar-refractivity contribution in [1.82, 2.24) is 44.3 Å². The molecule has 6 heterocycles. The van der Waals surface area contributed by atoms with Gasteiger partial charge in [0.25, 0.3) is 0 Å². The van der Waals surface area contributed by atoms with E-state index in [1.165, 1.54) is 0 Å². The molecule has 6 aromatic carbocycles. The van der Waals surface area contributed by atoms with Gasteiger partial charge < -0.3 is 0 Å². The van der Waals surface area contributed by atoms with Crippen molar-refractivity contribution in [2.75, 3.05) is 0 Å². The van der Waals surface area contributed by atoms with Crippen LogP contribution in [0, 0.1) is 0 Å². The van der Waals surface area contributed by atoms with Gasteiger partial charge >= 0.3 is 0 Å². The molecule has 0 amide bonds. The zero-order valence-corrected chi connectivity index (χ0v) is 30.6. The van der Waals surface area contributed by atoms with E-state index in [0.29, 0.717) is 0 Å². The highest BCUT2D eigenvalue weighted by Crippen LogP contribution is 2.24. The van der Waals surface area contributed by atoms with Crippen molar-refractivity contribution in [2.24, 2.45) is 0 Å². The fraction of sp³-hybridized carbons (Fsp3) is 0. The van der Waals surface area contributed by atoms with Crippen molar-refractivity contribution in [3.05, 3.63) is 201 Å². The highest BCUT2D eigenvalue weighted by molar-refractivity contribution is 5.93. The average Bonchev–Trinajstić information content (AvgIpc) is 4.02. The summed E-state index contributed by atoms with van der Waals surface area (Å²) in [5, 5.41) is 19.9. The maximum Gasteiger partial charge on any atom is 0.163 e. The second-order valence-electron chi connectivity index (χ2n) is 13.5. The molecule has 12 aromatic rings. The van der Waals surface area contributed by atoms with E-state index in [1.807, 2.05) is 178 Å². The first-order chi connectivity index (χ1) is 28.2. The minimum absolute atomic E-state index is 0.893. The molecule has 0 aliphatic heterocycles. The van der Waals surface area contributed by atoms with Crippen molar-refractivity contribution in [2.45, 2.75) is 0 Å². The van der Waals surface area contributed by atoms with E-state index >= 15 is 0 Å². The maximum absolute atomic E-state index is 4.71. The summed E-state index contributed by atoms with van der Waals surface area (Å²) in [6, 6.07) is 61.0. The number of para-hydroxylation sites is 6. The Morgan fingerprint density at radius 3 is 0.825 bits per heavy atom. The van der Waals surface area contributed by atoms with Crippen LogP contribution in [0.1, 0.15) is 0 Å². The van der Waals surface area contributed by atoms with Gasteiger partial charge in [0, 0.05) is 32.3 Å². The van der Waals surface area contributed by atoms with Crippen molar-refractivity contribution < 1.29 is 0 Å². The minimum Gasteiger partial charge on any atom is -0.228 e. The first-order valence-electron chi connectivity index (χ1n) is 18.6. The third kappa shape index (κ3) is 6.59. The Morgan fingerprint density at radius 2 is 0.526 bits per heavy atom. The van der Waals surface area contributed by atoms with Crippen molar-refractivity contribution in [3.8, 4) is 17.1 Å². The van der Waals surface area contributed by atoms with Gasteiger partial charge in [0.15, 0.2) is 16.9 Å². The molecular formula is C48H33N9. The normalized spacial score (nSPS) is 11.2. The van der Waals surface area contributed by atoms with Crippen LogP contribution in [0.5, 0.6) is 0 Å². The molecule has 0 saturated heterocycles. The van der Waals surface area contributed by atoms with Gasteiger partial charge in [-0.05, 0) is 72.8 Å². The van der Waals surface area contributed by atoms with E-state index in [-0.39, 0.29) is 0 Å².